The molecule has 0 aromatic rings. The van der Waals surface area contributed by atoms with Crippen LogP contribution in [-0.4, -0.2) is 38.1 Å². The van der Waals surface area contributed by atoms with Crippen molar-refractivity contribution in [2.24, 2.45) is 10.8 Å². The Labute approximate surface area is 108 Å². The highest BCUT2D eigenvalue weighted by Crippen LogP contribution is 2.33. The highest BCUT2D eigenvalue weighted by Gasteiger charge is 2.31. The lowest BCUT2D eigenvalue weighted by Gasteiger charge is -2.42. The summed E-state index contributed by atoms with van der Waals surface area (Å²) in [4.78, 5) is 2.69. The maximum Gasteiger partial charge on any atom is 0.00499 e. The van der Waals surface area contributed by atoms with Gasteiger partial charge in [0.25, 0.3) is 0 Å². The summed E-state index contributed by atoms with van der Waals surface area (Å²) in [6, 6.07) is 0. The number of piperidine rings is 1. The fourth-order valence-electron chi connectivity index (χ4n) is 2.95. The molecule has 1 rings (SSSR count). The van der Waals surface area contributed by atoms with Gasteiger partial charge in [-0.1, -0.05) is 27.7 Å². The highest BCUT2D eigenvalue weighted by molar-refractivity contribution is 4.86. The summed E-state index contributed by atoms with van der Waals surface area (Å²) in [7, 11) is 2.08. The van der Waals surface area contributed by atoms with Crippen molar-refractivity contribution >= 4 is 0 Å². The van der Waals surface area contributed by atoms with Crippen molar-refractivity contribution in [2.45, 2.75) is 53.4 Å². The molecule has 0 amide bonds. The van der Waals surface area contributed by atoms with Gasteiger partial charge in [-0.3, -0.25) is 0 Å². The maximum absolute atomic E-state index is 3.39. The first kappa shape index (κ1) is 15.0. The minimum atomic E-state index is 0.482. The lowest BCUT2D eigenvalue weighted by molar-refractivity contribution is 0.0769. The van der Waals surface area contributed by atoms with Crippen LogP contribution in [0.15, 0.2) is 0 Å². The van der Waals surface area contributed by atoms with E-state index in [1.807, 2.05) is 0 Å². The molecule has 0 aromatic heterocycles. The molecule has 1 aliphatic rings. The molecule has 0 radical (unpaired) electrons. The van der Waals surface area contributed by atoms with Crippen molar-refractivity contribution in [3.8, 4) is 0 Å². The molecule has 0 aromatic carbocycles. The molecule has 2 heteroatoms. The SMILES string of the molecule is CCC(CC)(CNC)CN1CCC(C)(C)CC1. The first-order valence-corrected chi connectivity index (χ1v) is 7.34. The molecule has 0 aliphatic carbocycles. The molecule has 1 saturated heterocycles. The molecule has 1 heterocycles. The van der Waals surface area contributed by atoms with Crippen molar-refractivity contribution in [1.29, 1.82) is 0 Å². The summed E-state index contributed by atoms with van der Waals surface area (Å²) in [5.41, 5.74) is 1.05. The van der Waals surface area contributed by atoms with Gasteiger partial charge in [-0.25, -0.2) is 0 Å². The minimum Gasteiger partial charge on any atom is -0.319 e. The lowest BCUT2D eigenvalue weighted by Crippen LogP contribution is -2.46. The molecule has 17 heavy (non-hydrogen) atoms. The van der Waals surface area contributed by atoms with Gasteiger partial charge in [0.05, 0.1) is 0 Å². The molecule has 1 N–H and O–H groups in total. The Morgan fingerprint density at radius 2 is 1.65 bits per heavy atom. The predicted molar refractivity (Wildman–Crippen MR) is 76.4 cm³/mol. The van der Waals surface area contributed by atoms with E-state index < -0.39 is 0 Å². The van der Waals surface area contributed by atoms with Crippen LogP contribution in [0.3, 0.4) is 0 Å². The third-order valence-electron chi connectivity index (χ3n) is 4.82. The van der Waals surface area contributed by atoms with E-state index in [9.17, 15) is 0 Å². The van der Waals surface area contributed by atoms with E-state index in [2.05, 4.69) is 45.0 Å². The van der Waals surface area contributed by atoms with E-state index in [0.717, 1.165) is 6.54 Å². The number of hydrogen-bond donors (Lipinski definition) is 1. The molecule has 2 nitrogen and oxygen atoms in total. The smallest absolute Gasteiger partial charge is 0.00499 e. The van der Waals surface area contributed by atoms with Crippen molar-refractivity contribution < 1.29 is 0 Å². The van der Waals surface area contributed by atoms with Crippen LogP contribution in [0.5, 0.6) is 0 Å². The van der Waals surface area contributed by atoms with E-state index >= 15 is 0 Å². The van der Waals surface area contributed by atoms with Gasteiger partial charge in [-0.15, -0.1) is 0 Å². The average molecular weight is 240 g/mol. The number of rotatable bonds is 6. The van der Waals surface area contributed by atoms with Crippen LogP contribution in [0, 0.1) is 10.8 Å². The number of nitrogens with one attached hydrogen (secondary N) is 1. The molecular formula is C15H32N2. The van der Waals surface area contributed by atoms with E-state index in [0.29, 0.717) is 10.8 Å². The zero-order valence-corrected chi connectivity index (χ0v) is 12.6. The quantitative estimate of drug-likeness (QED) is 0.767. The number of nitrogens with zero attached hydrogens (tertiary/aromatic N) is 1. The second-order valence-corrected chi connectivity index (χ2v) is 6.68. The Morgan fingerprint density at radius 3 is 2.06 bits per heavy atom. The minimum absolute atomic E-state index is 0.482. The van der Waals surface area contributed by atoms with E-state index in [4.69, 9.17) is 0 Å². The van der Waals surface area contributed by atoms with Crippen LogP contribution in [0.1, 0.15) is 53.4 Å². The molecule has 1 fully saturated rings. The Balaban J connectivity index is 2.51. The second kappa shape index (κ2) is 6.19. The molecule has 0 spiro atoms. The molecule has 0 atom stereocenters. The first-order valence-electron chi connectivity index (χ1n) is 7.34. The number of hydrogen-bond acceptors (Lipinski definition) is 2. The zero-order chi connectivity index (χ0) is 12.9. The maximum atomic E-state index is 3.39. The summed E-state index contributed by atoms with van der Waals surface area (Å²) in [6.45, 7) is 14.5. The Hall–Kier alpha value is -0.0800. The Morgan fingerprint density at radius 1 is 1.12 bits per heavy atom. The molecule has 0 saturated carbocycles. The summed E-state index contributed by atoms with van der Waals surface area (Å²) in [5, 5.41) is 3.39. The Bertz CT molecular complexity index is 209. The van der Waals surface area contributed by atoms with Crippen molar-refractivity contribution in [2.75, 3.05) is 33.2 Å². The largest absolute Gasteiger partial charge is 0.319 e. The van der Waals surface area contributed by atoms with E-state index in [1.54, 1.807) is 0 Å². The first-order chi connectivity index (χ1) is 7.97. The number of likely N-dealkylation sites (tertiary alicyclic amines) is 1. The van der Waals surface area contributed by atoms with Gasteiger partial charge in [0, 0.05) is 13.1 Å². The standard InChI is InChI=1S/C15H32N2/c1-6-15(7-2,12-16-5)13-17-10-8-14(3,4)9-11-17/h16H,6-13H2,1-5H3. The predicted octanol–water partition coefficient (Wildman–Crippen LogP) is 3.13. The van der Waals surface area contributed by atoms with Crippen molar-refractivity contribution in [1.82, 2.24) is 10.2 Å². The molecule has 0 bridgehead atoms. The van der Waals surface area contributed by atoms with E-state index in [-0.39, 0.29) is 0 Å². The lowest BCUT2D eigenvalue weighted by atomic mass is 9.79. The second-order valence-electron chi connectivity index (χ2n) is 6.68. The van der Waals surface area contributed by atoms with Gasteiger partial charge in [0.1, 0.15) is 0 Å². The summed E-state index contributed by atoms with van der Waals surface area (Å²) in [6.07, 6.45) is 5.28. The summed E-state index contributed by atoms with van der Waals surface area (Å²) >= 11 is 0. The summed E-state index contributed by atoms with van der Waals surface area (Å²) in [5.74, 6) is 0. The van der Waals surface area contributed by atoms with Crippen LogP contribution < -0.4 is 5.32 Å². The fraction of sp³-hybridized carbons (Fsp3) is 1.00. The topological polar surface area (TPSA) is 15.3 Å². The van der Waals surface area contributed by atoms with Crippen LogP contribution in [-0.2, 0) is 0 Å². The van der Waals surface area contributed by atoms with Gasteiger partial charge in [0.15, 0.2) is 0 Å². The van der Waals surface area contributed by atoms with Crippen molar-refractivity contribution in [3.05, 3.63) is 0 Å². The molecule has 0 unspecified atom stereocenters. The third kappa shape index (κ3) is 4.26. The fourth-order valence-corrected chi connectivity index (χ4v) is 2.95. The molecule has 1 aliphatic heterocycles. The average Bonchev–Trinajstić information content (AvgIpc) is 2.31. The third-order valence-corrected chi connectivity index (χ3v) is 4.82. The van der Waals surface area contributed by atoms with Crippen molar-refractivity contribution in [3.63, 3.8) is 0 Å². The normalized spacial score (nSPS) is 21.7. The van der Waals surface area contributed by atoms with Gasteiger partial charge >= 0.3 is 0 Å². The van der Waals surface area contributed by atoms with Gasteiger partial charge in [-0.05, 0) is 56.7 Å². The van der Waals surface area contributed by atoms with Crippen LogP contribution >= 0.6 is 0 Å². The van der Waals surface area contributed by atoms with Crippen LogP contribution in [0.2, 0.25) is 0 Å². The highest BCUT2D eigenvalue weighted by atomic mass is 15.1. The summed E-state index contributed by atoms with van der Waals surface area (Å²) < 4.78 is 0. The molecular weight excluding hydrogens is 208 g/mol. The Kier molecular flexibility index (Phi) is 5.46. The van der Waals surface area contributed by atoms with E-state index in [1.165, 1.54) is 45.3 Å². The van der Waals surface area contributed by atoms with Gasteiger partial charge < -0.3 is 10.2 Å². The molecule has 102 valence electrons. The van der Waals surface area contributed by atoms with Gasteiger partial charge in [-0.2, -0.15) is 0 Å². The van der Waals surface area contributed by atoms with Crippen LogP contribution in [0.25, 0.3) is 0 Å². The van der Waals surface area contributed by atoms with Crippen LogP contribution in [0.4, 0.5) is 0 Å². The van der Waals surface area contributed by atoms with Gasteiger partial charge in [0.2, 0.25) is 0 Å². The zero-order valence-electron chi connectivity index (χ0n) is 12.6. The monoisotopic (exact) mass is 240 g/mol.